The predicted octanol–water partition coefficient (Wildman–Crippen LogP) is -0.697. The van der Waals surface area contributed by atoms with Crippen LogP contribution in [-0.2, 0) is 11.2 Å². The minimum atomic E-state index is -1.52. The molecule has 2 fully saturated rings. The molecule has 0 unspecified atom stereocenters. The van der Waals surface area contributed by atoms with Crippen LogP contribution in [0.1, 0.15) is 34.0 Å². The number of aromatic nitrogens is 2. The van der Waals surface area contributed by atoms with E-state index in [-0.39, 0.29) is 36.2 Å². The molecule has 1 aromatic carbocycles. The molecule has 0 bridgehead atoms. The lowest BCUT2D eigenvalue weighted by Gasteiger charge is -2.40. The third-order valence-corrected chi connectivity index (χ3v) is 5.77. The van der Waals surface area contributed by atoms with Crippen molar-refractivity contribution in [3.8, 4) is 11.5 Å². The quantitative estimate of drug-likeness (QED) is 0.295. The number of likely N-dealkylation sites (tertiary alicyclic amines) is 1. The number of carboxylic acids is 1. The zero-order valence-corrected chi connectivity index (χ0v) is 16.5. The van der Waals surface area contributed by atoms with Crippen LogP contribution >= 0.6 is 0 Å². The molecule has 12 heteroatoms. The molecule has 2 aliphatic rings. The minimum absolute atomic E-state index is 0.00523. The fourth-order valence-electron chi connectivity index (χ4n) is 3.92. The van der Waals surface area contributed by atoms with Crippen molar-refractivity contribution in [3.05, 3.63) is 41.5 Å². The molecule has 1 amide bonds. The van der Waals surface area contributed by atoms with Gasteiger partial charge in [-0.05, 0) is 24.0 Å². The van der Waals surface area contributed by atoms with Crippen LogP contribution in [0.4, 0.5) is 0 Å². The number of nitrogens with one attached hydrogen (secondary N) is 1. The fourth-order valence-corrected chi connectivity index (χ4v) is 3.92. The zero-order chi connectivity index (χ0) is 22.3. The maximum absolute atomic E-state index is 12.4. The third kappa shape index (κ3) is 4.22. The second-order valence-electron chi connectivity index (χ2n) is 7.97. The summed E-state index contributed by atoms with van der Waals surface area (Å²) in [6, 6.07) is 2.26. The normalized spacial score (nSPS) is 21.3. The molecule has 1 aromatic heterocycles. The number of H-pyrrole nitrogens is 1. The highest BCUT2D eigenvalue weighted by Crippen LogP contribution is 2.56. The molecule has 2 aromatic rings. The summed E-state index contributed by atoms with van der Waals surface area (Å²) in [6.07, 6.45) is 3.45. The second-order valence-corrected chi connectivity index (χ2v) is 7.97. The molecule has 164 valence electrons. The van der Waals surface area contributed by atoms with Crippen molar-refractivity contribution in [2.24, 2.45) is 5.73 Å². The smallest absolute Gasteiger partial charge is 0.455 e. The van der Waals surface area contributed by atoms with Crippen LogP contribution in [0.15, 0.2) is 24.7 Å². The number of nitrogens with zero attached hydrogens (tertiary/aromatic N) is 2. The number of benzene rings is 1. The van der Waals surface area contributed by atoms with Gasteiger partial charge in [0, 0.05) is 24.1 Å². The molecule has 11 nitrogen and oxygen atoms in total. The first-order valence-electron chi connectivity index (χ1n) is 9.89. The lowest BCUT2D eigenvalue weighted by atomic mass is 9.81. The summed E-state index contributed by atoms with van der Waals surface area (Å²) in [7, 11) is -1.52. The average molecular weight is 430 g/mol. The Kier molecular flexibility index (Phi) is 5.61. The monoisotopic (exact) mass is 430 g/mol. The number of nitrogens with two attached hydrogens (primary N) is 1. The number of amides is 1. The molecule has 1 aliphatic heterocycles. The first kappa shape index (κ1) is 21.2. The Morgan fingerprint density at radius 3 is 2.68 bits per heavy atom. The highest BCUT2D eigenvalue weighted by atomic mass is 16.5. The van der Waals surface area contributed by atoms with Crippen molar-refractivity contribution in [3.63, 3.8) is 0 Å². The summed E-state index contributed by atoms with van der Waals surface area (Å²) in [5.74, 6) is -2.79. The Labute approximate surface area is 177 Å². The standard InChI is InChI=1S/C19H23BN4O7/c21-14(3-9-5-22-8-23-9)18(26)24-6-10(7-24)31-15-2-1-11(12-4-13(12)20(29)30)17(25)16(15)19(27)28/h1-2,5,8,10,12-14,25,29-30H,3-4,6-7,21H2,(H,22,23)(H,27,28)/t12-,13-,14-/m0/s1. The first-order chi connectivity index (χ1) is 14.8. The van der Waals surface area contributed by atoms with Gasteiger partial charge in [0.1, 0.15) is 23.2 Å². The molecule has 0 spiro atoms. The van der Waals surface area contributed by atoms with E-state index in [1.165, 1.54) is 23.4 Å². The van der Waals surface area contributed by atoms with Crippen LogP contribution in [0.3, 0.4) is 0 Å². The first-order valence-corrected chi connectivity index (χ1v) is 9.89. The number of aromatic amines is 1. The molecular weight excluding hydrogens is 407 g/mol. The van der Waals surface area contributed by atoms with Crippen molar-refractivity contribution in [1.29, 1.82) is 0 Å². The fraction of sp³-hybridized carbons (Fsp3) is 0.421. The molecule has 7 N–H and O–H groups in total. The summed E-state index contributed by atoms with van der Waals surface area (Å²) in [5, 5.41) is 38.6. The summed E-state index contributed by atoms with van der Waals surface area (Å²) >= 11 is 0. The van der Waals surface area contributed by atoms with Crippen LogP contribution in [-0.4, -0.2) is 79.4 Å². The highest BCUT2D eigenvalue weighted by Gasteiger charge is 2.48. The minimum Gasteiger partial charge on any atom is -0.507 e. The second kappa shape index (κ2) is 8.21. The van der Waals surface area contributed by atoms with Crippen LogP contribution < -0.4 is 10.5 Å². The van der Waals surface area contributed by atoms with Crippen molar-refractivity contribution < 1.29 is 34.6 Å². The molecule has 1 aliphatic carbocycles. The largest absolute Gasteiger partial charge is 0.507 e. The van der Waals surface area contributed by atoms with Gasteiger partial charge >= 0.3 is 13.1 Å². The van der Waals surface area contributed by atoms with E-state index in [0.717, 1.165) is 5.69 Å². The van der Waals surface area contributed by atoms with E-state index < -0.39 is 36.8 Å². The molecular formula is C19H23BN4O7. The highest BCUT2D eigenvalue weighted by molar-refractivity contribution is 6.44. The predicted molar refractivity (Wildman–Crippen MR) is 108 cm³/mol. The summed E-state index contributed by atoms with van der Waals surface area (Å²) in [5.41, 5.74) is 6.68. The number of aromatic carboxylic acids is 1. The maximum atomic E-state index is 12.4. The van der Waals surface area contributed by atoms with Gasteiger partial charge in [0.15, 0.2) is 0 Å². The number of hydrogen-bond acceptors (Lipinski definition) is 8. The van der Waals surface area contributed by atoms with Gasteiger partial charge < -0.3 is 40.6 Å². The number of ether oxygens (including phenoxy) is 1. The van der Waals surface area contributed by atoms with E-state index in [9.17, 15) is 29.9 Å². The Balaban J connectivity index is 1.38. The van der Waals surface area contributed by atoms with E-state index in [1.807, 2.05) is 0 Å². The number of phenols is 1. The number of hydrogen-bond donors (Lipinski definition) is 6. The third-order valence-electron chi connectivity index (χ3n) is 5.77. The topological polar surface area (TPSA) is 182 Å². The van der Waals surface area contributed by atoms with Gasteiger partial charge in [-0.15, -0.1) is 0 Å². The van der Waals surface area contributed by atoms with Crippen molar-refractivity contribution >= 4 is 19.0 Å². The number of carbonyl (C=O) groups excluding carboxylic acids is 1. The molecule has 1 saturated carbocycles. The summed E-state index contributed by atoms with van der Waals surface area (Å²) in [4.78, 5) is 32.5. The van der Waals surface area contributed by atoms with Crippen molar-refractivity contribution in [1.82, 2.24) is 14.9 Å². The van der Waals surface area contributed by atoms with Crippen LogP contribution in [0.5, 0.6) is 11.5 Å². The molecule has 3 atom stereocenters. The van der Waals surface area contributed by atoms with Gasteiger partial charge in [-0.3, -0.25) is 4.79 Å². The molecule has 31 heavy (non-hydrogen) atoms. The van der Waals surface area contributed by atoms with E-state index in [2.05, 4.69) is 9.97 Å². The number of carbonyl (C=O) groups is 2. The van der Waals surface area contributed by atoms with Gasteiger partial charge in [0.05, 0.1) is 25.5 Å². The van der Waals surface area contributed by atoms with E-state index >= 15 is 0 Å². The molecule has 4 rings (SSSR count). The van der Waals surface area contributed by atoms with Gasteiger partial charge in [-0.1, -0.05) is 6.07 Å². The van der Waals surface area contributed by atoms with Crippen molar-refractivity contribution in [2.45, 2.75) is 36.7 Å². The summed E-state index contributed by atoms with van der Waals surface area (Å²) in [6.45, 7) is 0.497. The number of imidazole rings is 1. The number of rotatable bonds is 8. The number of carboxylic acid groups (broad SMARTS) is 1. The van der Waals surface area contributed by atoms with E-state index in [4.69, 9.17) is 10.5 Å². The van der Waals surface area contributed by atoms with Crippen LogP contribution in [0.25, 0.3) is 0 Å². The van der Waals surface area contributed by atoms with Gasteiger partial charge in [0.25, 0.3) is 0 Å². The van der Waals surface area contributed by atoms with Crippen LogP contribution in [0.2, 0.25) is 5.82 Å². The Morgan fingerprint density at radius 2 is 2.10 bits per heavy atom. The molecule has 0 radical (unpaired) electrons. The maximum Gasteiger partial charge on any atom is 0.455 e. The zero-order valence-electron chi connectivity index (χ0n) is 16.5. The Bertz CT molecular complexity index is 978. The Morgan fingerprint density at radius 1 is 1.35 bits per heavy atom. The van der Waals surface area contributed by atoms with Crippen molar-refractivity contribution in [2.75, 3.05) is 13.1 Å². The lowest BCUT2D eigenvalue weighted by Crippen LogP contribution is -2.60. The van der Waals surface area contributed by atoms with Crippen LogP contribution in [0, 0.1) is 0 Å². The average Bonchev–Trinajstić information content (AvgIpc) is 3.32. The van der Waals surface area contributed by atoms with Gasteiger partial charge in [0.2, 0.25) is 5.91 Å². The molecule has 1 saturated heterocycles. The van der Waals surface area contributed by atoms with E-state index in [1.54, 1.807) is 6.20 Å². The van der Waals surface area contributed by atoms with E-state index in [0.29, 0.717) is 18.4 Å². The molecule has 2 heterocycles. The van der Waals surface area contributed by atoms with Gasteiger partial charge in [-0.2, -0.15) is 0 Å². The lowest BCUT2D eigenvalue weighted by molar-refractivity contribution is -0.141. The SMILES string of the molecule is N[C@@H](Cc1cnc[nH]1)C(=O)N1CC(Oc2ccc([C@@H]3C[C@@H]3B(O)O)c(O)c2C(=O)O)C1. The number of aromatic hydroxyl groups is 1. The summed E-state index contributed by atoms with van der Waals surface area (Å²) < 4.78 is 5.73. The Hall–Kier alpha value is -3.09. The van der Waals surface area contributed by atoms with Gasteiger partial charge in [-0.25, -0.2) is 9.78 Å².